The molecule has 0 N–H and O–H groups in total. The Morgan fingerprint density at radius 2 is 1.81 bits per heavy atom. The molecule has 0 bridgehead atoms. The fourth-order valence-electron chi connectivity index (χ4n) is 4.43. The Morgan fingerprint density at radius 1 is 1.11 bits per heavy atom. The quantitative estimate of drug-likeness (QED) is 0.813. The molecule has 2 saturated heterocycles. The summed E-state index contributed by atoms with van der Waals surface area (Å²) in [6.07, 6.45) is 1.65. The van der Waals surface area contributed by atoms with Gasteiger partial charge >= 0.3 is 0 Å². The van der Waals surface area contributed by atoms with E-state index in [-0.39, 0.29) is 17.4 Å². The Balaban J connectivity index is 1.65. The number of piperazine rings is 1. The highest BCUT2D eigenvalue weighted by Crippen LogP contribution is 2.32. The van der Waals surface area contributed by atoms with E-state index in [0.717, 1.165) is 56.9 Å². The number of aryl methyl sites for hydroxylation is 1. The van der Waals surface area contributed by atoms with E-state index < -0.39 is 6.10 Å². The summed E-state index contributed by atoms with van der Waals surface area (Å²) in [6.45, 7) is 11.1. The third-order valence-corrected chi connectivity index (χ3v) is 6.30. The van der Waals surface area contributed by atoms with Crippen LogP contribution in [0.1, 0.15) is 32.3 Å². The van der Waals surface area contributed by atoms with Crippen LogP contribution in [-0.4, -0.2) is 79.1 Å². The number of carbonyl (C=O) groups excluding carboxylic acids is 1. The molecule has 150 valence electrons. The molecule has 1 atom stereocenters. The van der Waals surface area contributed by atoms with Crippen molar-refractivity contribution in [3.63, 3.8) is 0 Å². The predicted octanol–water partition coefficient (Wildman–Crippen LogP) is 2.64. The van der Waals surface area contributed by atoms with Crippen LogP contribution in [0.25, 0.3) is 0 Å². The second-order valence-corrected chi connectivity index (χ2v) is 8.81. The number of carbonyl (C=O) groups is 1. The van der Waals surface area contributed by atoms with Gasteiger partial charge in [0.1, 0.15) is 5.75 Å². The predicted molar refractivity (Wildman–Crippen MR) is 109 cm³/mol. The van der Waals surface area contributed by atoms with E-state index >= 15 is 0 Å². The number of amides is 1. The number of benzene rings is 1. The molecule has 0 saturated carbocycles. The minimum absolute atomic E-state index is 0.133. The van der Waals surface area contributed by atoms with E-state index in [9.17, 15) is 4.79 Å². The highest BCUT2D eigenvalue weighted by atomic mass is 16.5. The first-order chi connectivity index (χ1) is 12.8. The summed E-state index contributed by atoms with van der Waals surface area (Å²) in [5.74, 6) is 1.05. The van der Waals surface area contributed by atoms with Gasteiger partial charge in [-0.15, -0.1) is 0 Å². The molecule has 2 aliphatic heterocycles. The molecule has 2 heterocycles. The zero-order valence-electron chi connectivity index (χ0n) is 17.6. The van der Waals surface area contributed by atoms with Gasteiger partial charge in [0.15, 0.2) is 6.10 Å². The number of rotatable bonds is 4. The first-order valence-corrected chi connectivity index (χ1v) is 10.2. The summed E-state index contributed by atoms with van der Waals surface area (Å²) in [6, 6.07) is 7.96. The van der Waals surface area contributed by atoms with Gasteiger partial charge < -0.3 is 14.5 Å². The lowest BCUT2D eigenvalue weighted by Crippen LogP contribution is -2.64. The summed E-state index contributed by atoms with van der Waals surface area (Å²) < 4.78 is 6.14. The third kappa shape index (κ3) is 4.46. The van der Waals surface area contributed by atoms with E-state index in [1.165, 1.54) is 0 Å². The number of nitrogens with zero attached hydrogens (tertiary/aromatic N) is 3. The first-order valence-electron chi connectivity index (χ1n) is 10.2. The van der Waals surface area contributed by atoms with Crippen molar-refractivity contribution in [2.24, 2.45) is 5.92 Å². The second kappa shape index (κ2) is 8.19. The highest BCUT2D eigenvalue weighted by Gasteiger charge is 2.43. The molecular weight excluding hydrogens is 338 g/mol. The number of ether oxygens (including phenoxy) is 1. The van der Waals surface area contributed by atoms with Crippen molar-refractivity contribution in [1.82, 2.24) is 14.7 Å². The number of likely N-dealkylation sites (N-methyl/N-ethyl adjacent to an activating group) is 2. The monoisotopic (exact) mass is 373 g/mol. The number of hydrogen-bond acceptors (Lipinski definition) is 4. The van der Waals surface area contributed by atoms with Crippen molar-refractivity contribution in [2.75, 3.05) is 46.8 Å². The molecule has 0 unspecified atom stereocenters. The van der Waals surface area contributed by atoms with Crippen LogP contribution in [0.3, 0.4) is 0 Å². The summed E-state index contributed by atoms with van der Waals surface area (Å²) >= 11 is 0. The van der Waals surface area contributed by atoms with Crippen LogP contribution >= 0.6 is 0 Å². The smallest absolute Gasteiger partial charge is 0.263 e. The minimum Gasteiger partial charge on any atom is -0.480 e. The van der Waals surface area contributed by atoms with Crippen LogP contribution in [0.15, 0.2) is 24.3 Å². The largest absolute Gasteiger partial charge is 0.480 e. The molecule has 5 heteroatoms. The molecular formula is C22H35N3O2. The van der Waals surface area contributed by atoms with Gasteiger partial charge in [-0.05, 0) is 57.5 Å². The lowest BCUT2D eigenvalue weighted by atomic mass is 9.83. The van der Waals surface area contributed by atoms with Crippen LogP contribution in [0, 0.1) is 12.8 Å². The highest BCUT2D eigenvalue weighted by molar-refractivity contribution is 5.81. The van der Waals surface area contributed by atoms with Crippen LogP contribution in [-0.2, 0) is 4.79 Å². The van der Waals surface area contributed by atoms with Crippen LogP contribution < -0.4 is 4.74 Å². The maximum Gasteiger partial charge on any atom is 0.263 e. The molecule has 1 amide bonds. The average molecular weight is 374 g/mol. The first kappa shape index (κ1) is 20.2. The summed E-state index contributed by atoms with van der Waals surface area (Å²) in [5.41, 5.74) is 1.36. The average Bonchev–Trinajstić information content (AvgIpc) is 2.63. The number of piperidine rings is 1. The molecule has 2 aliphatic rings. The van der Waals surface area contributed by atoms with E-state index in [1.807, 2.05) is 36.1 Å². The van der Waals surface area contributed by atoms with E-state index in [2.05, 4.69) is 37.7 Å². The van der Waals surface area contributed by atoms with Crippen molar-refractivity contribution in [2.45, 2.75) is 45.3 Å². The summed E-state index contributed by atoms with van der Waals surface area (Å²) in [7, 11) is 4.44. The van der Waals surface area contributed by atoms with E-state index in [0.29, 0.717) is 0 Å². The van der Waals surface area contributed by atoms with Gasteiger partial charge in [0.05, 0.1) is 0 Å². The SMILES string of the molecule is Cc1cccc(O[C@@H](C(=O)N2CCC3(CC2)CN(C)CCN3C)C(C)C)c1. The van der Waals surface area contributed by atoms with E-state index in [4.69, 9.17) is 4.74 Å². The topological polar surface area (TPSA) is 36.0 Å². The van der Waals surface area contributed by atoms with Gasteiger partial charge in [0.2, 0.25) is 0 Å². The minimum atomic E-state index is -0.424. The van der Waals surface area contributed by atoms with Crippen LogP contribution in [0.4, 0.5) is 0 Å². The van der Waals surface area contributed by atoms with E-state index in [1.54, 1.807) is 0 Å². The Bertz CT molecular complexity index is 653. The number of likely N-dealkylation sites (tertiary alicyclic amines) is 1. The lowest BCUT2D eigenvalue weighted by Gasteiger charge is -2.52. The zero-order valence-corrected chi connectivity index (χ0v) is 17.6. The standard InChI is InChI=1S/C22H35N3O2/c1-17(2)20(27-19-8-6-7-18(3)15-19)21(26)25-11-9-22(10-12-25)16-23(4)13-14-24(22)5/h6-8,15,17,20H,9-14,16H2,1-5H3/t20-/m1/s1. The molecule has 1 aromatic rings. The molecule has 27 heavy (non-hydrogen) atoms. The molecule has 1 spiro atoms. The van der Waals surface area contributed by atoms with Gasteiger partial charge in [-0.1, -0.05) is 26.0 Å². The molecule has 1 aromatic carbocycles. The van der Waals surface area contributed by atoms with Gasteiger partial charge in [-0.25, -0.2) is 0 Å². The Kier molecular flexibility index (Phi) is 6.11. The molecule has 0 aromatic heterocycles. The Morgan fingerprint density at radius 3 is 2.44 bits per heavy atom. The molecule has 2 fully saturated rings. The van der Waals surface area contributed by atoms with Crippen molar-refractivity contribution in [3.8, 4) is 5.75 Å². The molecule has 5 nitrogen and oxygen atoms in total. The summed E-state index contributed by atoms with van der Waals surface area (Å²) in [5, 5.41) is 0. The maximum absolute atomic E-state index is 13.2. The van der Waals surface area contributed by atoms with Crippen molar-refractivity contribution in [3.05, 3.63) is 29.8 Å². The van der Waals surface area contributed by atoms with Crippen molar-refractivity contribution >= 4 is 5.91 Å². The van der Waals surface area contributed by atoms with Crippen molar-refractivity contribution in [1.29, 1.82) is 0 Å². The second-order valence-electron chi connectivity index (χ2n) is 8.81. The van der Waals surface area contributed by atoms with Gasteiger partial charge in [-0.3, -0.25) is 9.69 Å². The Labute approximate surface area is 164 Å². The van der Waals surface area contributed by atoms with Gasteiger partial charge in [0, 0.05) is 38.3 Å². The Hall–Kier alpha value is -1.59. The maximum atomic E-state index is 13.2. The van der Waals surface area contributed by atoms with Gasteiger partial charge in [-0.2, -0.15) is 0 Å². The fraction of sp³-hybridized carbons (Fsp3) is 0.682. The van der Waals surface area contributed by atoms with Crippen LogP contribution in [0.2, 0.25) is 0 Å². The summed E-state index contributed by atoms with van der Waals surface area (Å²) in [4.78, 5) is 20.2. The lowest BCUT2D eigenvalue weighted by molar-refractivity contribution is -0.144. The van der Waals surface area contributed by atoms with Gasteiger partial charge in [0.25, 0.3) is 5.91 Å². The van der Waals surface area contributed by atoms with Crippen molar-refractivity contribution < 1.29 is 9.53 Å². The normalized spacial score (nSPS) is 22.2. The van der Waals surface area contributed by atoms with Crippen LogP contribution in [0.5, 0.6) is 5.75 Å². The molecule has 0 aliphatic carbocycles. The number of hydrogen-bond donors (Lipinski definition) is 0. The molecule has 0 radical (unpaired) electrons. The third-order valence-electron chi connectivity index (χ3n) is 6.30. The zero-order chi connectivity index (χ0) is 19.6. The fourth-order valence-corrected chi connectivity index (χ4v) is 4.43. The molecule has 3 rings (SSSR count).